The van der Waals surface area contributed by atoms with E-state index in [1.54, 1.807) is 14.2 Å². The number of aromatic amines is 1. The number of H-pyrrole nitrogens is 1. The van der Waals surface area contributed by atoms with Gasteiger partial charge in [0.1, 0.15) is 35.4 Å². The molecule has 0 amide bonds. The van der Waals surface area contributed by atoms with Crippen molar-refractivity contribution >= 4 is 0 Å². The molecule has 0 spiro atoms. The number of hydrogen-bond acceptors (Lipinski definition) is 8. The van der Waals surface area contributed by atoms with E-state index < -0.39 is 41.4 Å². The van der Waals surface area contributed by atoms with Crippen LogP contribution < -0.4 is 20.7 Å². The van der Waals surface area contributed by atoms with Crippen LogP contribution in [-0.2, 0) is 15.1 Å². The zero-order valence-corrected chi connectivity index (χ0v) is 22.0. The molecule has 3 N–H and O–H groups in total. The summed E-state index contributed by atoms with van der Waals surface area (Å²) in [5.41, 5.74) is -0.133. The van der Waals surface area contributed by atoms with Crippen LogP contribution in [0.4, 0.5) is 0 Å². The molecule has 40 heavy (non-hydrogen) atoms. The van der Waals surface area contributed by atoms with Crippen LogP contribution in [0.1, 0.15) is 22.9 Å². The molecule has 5 rings (SSSR count). The number of hydrogen-bond donors (Lipinski definition) is 3. The van der Waals surface area contributed by atoms with E-state index in [1.807, 2.05) is 78.9 Å². The van der Waals surface area contributed by atoms with Gasteiger partial charge in [-0.3, -0.25) is 14.3 Å². The second-order valence-electron chi connectivity index (χ2n) is 9.38. The van der Waals surface area contributed by atoms with Crippen LogP contribution in [0.5, 0.6) is 11.5 Å². The minimum absolute atomic E-state index is 0.153. The third kappa shape index (κ3) is 5.05. The number of benzene rings is 3. The molecule has 1 aliphatic rings. The Kier molecular flexibility index (Phi) is 7.85. The SMILES string of the molecule is COc1ccc(C(OC[C@@H]2O[C@@H](n3ccc(=O)[nH]c3=O)[C@@H](O)[C@H]2O)(c2ccccc2)c2ccc(OC)cc2)cc1. The number of methoxy groups -OCH3 is 2. The first-order valence-electron chi connectivity index (χ1n) is 12.7. The van der Waals surface area contributed by atoms with Crippen LogP contribution in [0.2, 0.25) is 0 Å². The monoisotopic (exact) mass is 546 g/mol. The van der Waals surface area contributed by atoms with E-state index in [0.29, 0.717) is 11.5 Å². The average Bonchev–Trinajstić information content (AvgIpc) is 3.27. The fraction of sp³-hybridized carbons (Fsp3) is 0.267. The molecule has 0 unspecified atom stereocenters. The molecule has 1 aliphatic heterocycles. The molecule has 10 heteroatoms. The number of aliphatic hydroxyl groups excluding tert-OH is 2. The Bertz CT molecular complexity index is 1490. The van der Waals surface area contributed by atoms with Gasteiger partial charge in [-0.25, -0.2) is 4.79 Å². The van der Waals surface area contributed by atoms with E-state index in [0.717, 1.165) is 27.3 Å². The second kappa shape index (κ2) is 11.5. The van der Waals surface area contributed by atoms with Gasteiger partial charge in [-0.1, -0.05) is 54.6 Å². The number of nitrogens with one attached hydrogen (secondary N) is 1. The fourth-order valence-electron chi connectivity index (χ4n) is 5.01. The smallest absolute Gasteiger partial charge is 0.330 e. The van der Waals surface area contributed by atoms with Gasteiger partial charge < -0.3 is 29.2 Å². The Balaban J connectivity index is 1.56. The summed E-state index contributed by atoms with van der Waals surface area (Å²) < 4.78 is 24.5. The van der Waals surface area contributed by atoms with Gasteiger partial charge in [0.15, 0.2) is 6.23 Å². The number of aromatic nitrogens is 2. The van der Waals surface area contributed by atoms with Gasteiger partial charge in [-0.05, 0) is 41.0 Å². The van der Waals surface area contributed by atoms with E-state index in [1.165, 1.54) is 6.20 Å². The zero-order chi connectivity index (χ0) is 28.3. The third-order valence-corrected chi connectivity index (χ3v) is 7.10. The lowest BCUT2D eigenvalue weighted by atomic mass is 9.80. The summed E-state index contributed by atoms with van der Waals surface area (Å²) in [6.45, 7) is -0.153. The highest BCUT2D eigenvalue weighted by Gasteiger charge is 2.46. The van der Waals surface area contributed by atoms with Gasteiger partial charge >= 0.3 is 5.69 Å². The Hall–Kier alpha value is -4.22. The van der Waals surface area contributed by atoms with Crippen LogP contribution in [0.3, 0.4) is 0 Å². The van der Waals surface area contributed by atoms with Crippen molar-refractivity contribution in [3.8, 4) is 11.5 Å². The average molecular weight is 547 g/mol. The van der Waals surface area contributed by atoms with Crippen molar-refractivity contribution in [2.45, 2.75) is 30.1 Å². The summed E-state index contributed by atoms with van der Waals surface area (Å²) in [6.07, 6.45) is -3.82. The fourth-order valence-corrected chi connectivity index (χ4v) is 5.01. The summed E-state index contributed by atoms with van der Waals surface area (Å²) in [6, 6.07) is 25.7. The van der Waals surface area contributed by atoms with Crippen molar-refractivity contribution in [3.63, 3.8) is 0 Å². The lowest BCUT2D eigenvalue weighted by Gasteiger charge is -2.37. The maximum Gasteiger partial charge on any atom is 0.330 e. The van der Waals surface area contributed by atoms with E-state index in [-0.39, 0.29) is 6.61 Å². The number of aliphatic hydroxyl groups is 2. The molecule has 1 fully saturated rings. The normalized spacial score (nSPS) is 20.8. The molecule has 3 aromatic carbocycles. The second-order valence-corrected chi connectivity index (χ2v) is 9.38. The maximum absolute atomic E-state index is 12.3. The maximum atomic E-state index is 12.3. The van der Waals surface area contributed by atoms with Crippen LogP contribution >= 0.6 is 0 Å². The van der Waals surface area contributed by atoms with Crippen LogP contribution in [0.25, 0.3) is 0 Å². The Morgan fingerprint density at radius 1 is 0.800 bits per heavy atom. The highest BCUT2D eigenvalue weighted by atomic mass is 16.6. The molecule has 1 saturated heterocycles. The van der Waals surface area contributed by atoms with Crippen LogP contribution in [-0.4, -0.2) is 58.9 Å². The van der Waals surface area contributed by atoms with Crippen molar-refractivity contribution in [2.75, 3.05) is 20.8 Å². The van der Waals surface area contributed by atoms with Gasteiger partial charge in [0.05, 0.1) is 20.8 Å². The lowest BCUT2D eigenvalue weighted by molar-refractivity contribution is -0.0958. The minimum atomic E-state index is -1.44. The predicted molar refractivity (Wildman–Crippen MR) is 146 cm³/mol. The highest BCUT2D eigenvalue weighted by molar-refractivity contribution is 5.49. The Labute approximate surface area is 230 Å². The van der Waals surface area contributed by atoms with Gasteiger partial charge in [-0.15, -0.1) is 0 Å². The van der Waals surface area contributed by atoms with Crippen LogP contribution in [0, 0.1) is 0 Å². The summed E-state index contributed by atoms with van der Waals surface area (Å²) >= 11 is 0. The number of ether oxygens (including phenoxy) is 4. The largest absolute Gasteiger partial charge is 0.497 e. The van der Waals surface area contributed by atoms with E-state index >= 15 is 0 Å². The summed E-state index contributed by atoms with van der Waals surface area (Å²) in [4.78, 5) is 26.0. The predicted octanol–water partition coefficient (Wildman–Crippen LogP) is 2.18. The van der Waals surface area contributed by atoms with Crippen LogP contribution in [0.15, 0.2) is 101 Å². The first kappa shape index (κ1) is 27.4. The number of nitrogens with zero attached hydrogens (tertiary/aromatic N) is 1. The van der Waals surface area contributed by atoms with E-state index in [9.17, 15) is 19.8 Å². The van der Waals surface area contributed by atoms with Gasteiger partial charge in [0.2, 0.25) is 0 Å². The van der Waals surface area contributed by atoms with Crippen molar-refractivity contribution in [3.05, 3.63) is 129 Å². The zero-order valence-electron chi connectivity index (χ0n) is 22.0. The van der Waals surface area contributed by atoms with E-state index in [2.05, 4.69) is 4.98 Å². The van der Waals surface area contributed by atoms with Crippen molar-refractivity contribution in [1.29, 1.82) is 0 Å². The molecule has 0 aliphatic carbocycles. The molecule has 4 atom stereocenters. The lowest BCUT2D eigenvalue weighted by Crippen LogP contribution is -2.40. The van der Waals surface area contributed by atoms with Gasteiger partial charge in [0.25, 0.3) is 5.56 Å². The summed E-state index contributed by atoms with van der Waals surface area (Å²) in [5.74, 6) is 1.35. The van der Waals surface area contributed by atoms with Crippen molar-refractivity contribution in [2.24, 2.45) is 0 Å². The molecule has 0 radical (unpaired) electrons. The van der Waals surface area contributed by atoms with E-state index in [4.69, 9.17) is 18.9 Å². The van der Waals surface area contributed by atoms with Gasteiger partial charge in [0, 0.05) is 12.3 Å². The molecule has 4 aromatic rings. The molecule has 10 nitrogen and oxygen atoms in total. The molecule has 2 heterocycles. The molecular weight excluding hydrogens is 516 g/mol. The van der Waals surface area contributed by atoms with Crippen molar-refractivity contribution in [1.82, 2.24) is 9.55 Å². The third-order valence-electron chi connectivity index (χ3n) is 7.10. The highest BCUT2D eigenvalue weighted by Crippen LogP contribution is 2.42. The van der Waals surface area contributed by atoms with Gasteiger partial charge in [-0.2, -0.15) is 0 Å². The topological polar surface area (TPSA) is 132 Å². The first-order chi connectivity index (χ1) is 19.4. The molecule has 1 aromatic heterocycles. The quantitative estimate of drug-likeness (QED) is 0.272. The molecule has 0 saturated carbocycles. The Morgan fingerprint density at radius 2 is 1.35 bits per heavy atom. The summed E-state index contributed by atoms with van der Waals surface area (Å²) in [5, 5.41) is 21.7. The Morgan fingerprint density at radius 3 is 1.88 bits per heavy atom. The number of rotatable bonds is 9. The molecule has 0 bridgehead atoms. The summed E-state index contributed by atoms with van der Waals surface area (Å²) in [7, 11) is 3.18. The minimum Gasteiger partial charge on any atom is -0.497 e. The van der Waals surface area contributed by atoms with Crippen molar-refractivity contribution < 1.29 is 29.2 Å². The standard InChI is InChI=1S/C30H30N2O8/c1-37-22-12-8-20(9-13-22)30(19-6-4-3-5-7-19,21-10-14-23(38-2)15-11-21)39-18-24-26(34)27(35)28(40-24)32-17-16-25(33)31-29(32)36/h3-17,24,26-28,34-35H,18H2,1-2H3,(H,31,33,36)/t24-,26-,27-,28+/m0/s1. The molecular formula is C30H30N2O8. The first-order valence-corrected chi connectivity index (χ1v) is 12.7. The molecule has 208 valence electrons.